The Bertz CT molecular complexity index is 346. The summed E-state index contributed by atoms with van der Waals surface area (Å²) in [6, 6.07) is 0.199. The first-order valence-corrected chi connectivity index (χ1v) is 9.01. The number of carbonyl (C=O) groups is 2. The van der Waals surface area contributed by atoms with E-state index >= 15 is 0 Å². The van der Waals surface area contributed by atoms with Crippen LogP contribution in [0.3, 0.4) is 0 Å². The van der Waals surface area contributed by atoms with Crippen LogP contribution in [-0.4, -0.2) is 57.2 Å². The van der Waals surface area contributed by atoms with Crippen molar-refractivity contribution in [3.8, 4) is 0 Å². The van der Waals surface area contributed by atoms with Gasteiger partial charge in [-0.05, 0) is 19.3 Å². The number of hydrogen-bond acceptors (Lipinski definition) is 5. The maximum absolute atomic E-state index is 12.2. The molecular weight excluding hydrogens is 308 g/mol. The van der Waals surface area contributed by atoms with Gasteiger partial charge in [0.15, 0.2) is 5.78 Å². The average Bonchev–Trinajstić information content (AvgIpc) is 2.52. The Hall–Kier alpha value is -0.980. The molecule has 0 spiro atoms. The fraction of sp³-hybridized carbons (Fsp3) is 0.889. The molecule has 0 saturated heterocycles. The second-order valence-electron chi connectivity index (χ2n) is 6.63. The van der Waals surface area contributed by atoms with Crippen molar-refractivity contribution >= 4 is 11.7 Å². The molecule has 142 valence electrons. The quantitative estimate of drug-likeness (QED) is 0.444. The molecule has 24 heavy (non-hydrogen) atoms. The van der Waals surface area contributed by atoms with Crippen LogP contribution in [0.1, 0.15) is 53.4 Å². The van der Waals surface area contributed by atoms with Crippen LogP contribution in [0.15, 0.2) is 0 Å². The van der Waals surface area contributed by atoms with E-state index in [1.165, 1.54) is 0 Å². The molecule has 0 rings (SSSR count). The Labute approximate surface area is 147 Å². The van der Waals surface area contributed by atoms with Crippen LogP contribution >= 0.6 is 0 Å². The van der Waals surface area contributed by atoms with E-state index in [1.54, 1.807) is 7.11 Å². The van der Waals surface area contributed by atoms with Crippen molar-refractivity contribution in [2.24, 2.45) is 5.92 Å². The third kappa shape index (κ3) is 12.4. The van der Waals surface area contributed by atoms with E-state index in [-0.39, 0.29) is 29.7 Å². The Kier molecular flexibility index (Phi) is 13.8. The summed E-state index contributed by atoms with van der Waals surface area (Å²) in [4.78, 5) is 23.8. The highest BCUT2D eigenvalue weighted by Crippen LogP contribution is 2.08. The number of unbranched alkanes of at least 4 members (excludes halogenated alkanes) is 1. The van der Waals surface area contributed by atoms with Gasteiger partial charge in [-0.25, -0.2) is 0 Å². The number of ketones is 1. The largest absolute Gasteiger partial charge is 0.382 e. The van der Waals surface area contributed by atoms with Gasteiger partial charge in [0, 0.05) is 32.0 Å². The van der Waals surface area contributed by atoms with Crippen molar-refractivity contribution in [1.29, 1.82) is 0 Å². The van der Waals surface area contributed by atoms with Gasteiger partial charge in [0.05, 0.1) is 25.9 Å². The molecule has 0 radical (unpaired) electrons. The van der Waals surface area contributed by atoms with Crippen molar-refractivity contribution in [2.75, 3.05) is 33.5 Å². The molecule has 0 fully saturated rings. The highest BCUT2D eigenvalue weighted by atomic mass is 16.5. The van der Waals surface area contributed by atoms with E-state index in [0.29, 0.717) is 32.8 Å². The van der Waals surface area contributed by atoms with Gasteiger partial charge in [0.1, 0.15) is 0 Å². The molecule has 1 atom stereocenters. The van der Waals surface area contributed by atoms with E-state index in [1.807, 2.05) is 13.8 Å². The zero-order chi connectivity index (χ0) is 18.4. The Morgan fingerprint density at radius 3 is 2.29 bits per heavy atom. The van der Waals surface area contributed by atoms with Crippen molar-refractivity contribution in [3.05, 3.63) is 0 Å². The van der Waals surface area contributed by atoms with E-state index in [2.05, 4.69) is 24.5 Å². The Morgan fingerprint density at radius 2 is 1.71 bits per heavy atom. The average molecular weight is 344 g/mol. The number of amides is 1. The fourth-order valence-electron chi connectivity index (χ4n) is 2.31. The van der Waals surface area contributed by atoms with Crippen LogP contribution in [0.5, 0.6) is 0 Å². The van der Waals surface area contributed by atoms with Gasteiger partial charge in [0.25, 0.3) is 0 Å². The summed E-state index contributed by atoms with van der Waals surface area (Å²) in [5.41, 5.74) is 0. The van der Waals surface area contributed by atoms with Gasteiger partial charge in [-0.3, -0.25) is 9.59 Å². The number of Topliss-reactive ketones (excluding diaryl/α,β-unsaturated/α-hetero) is 1. The third-order valence-corrected chi connectivity index (χ3v) is 3.59. The maximum Gasteiger partial charge on any atom is 0.222 e. The first-order valence-electron chi connectivity index (χ1n) is 9.01. The summed E-state index contributed by atoms with van der Waals surface area (Å²) in [5, 5.41) is 6.23. The number of nitrogens with one attached hydrogen (secondary N) is 2. The minimum Gasteiger partial charge on any atom is -0.382 e. The van der Waals surface area contributed by atoms with Crippen LogP contribution < -0.4 is 10.6 Å². The zero-order valence-electron chi connectivity index (χ0n) is 16.0. The minimum atomic E-state index is -0.0881. The smallest absolute Gasteiger partial charge is 0.222 e. The number of methoxy groups -OCH3 is 1. The lowest BCUT2D eigenvalue weighted by molar-refractivity contribution is -0.124. The second kappa shape index (κ2) is 14.4. The highest BCUT2D eigenvalue weighted by Gasteiger charge is 2.21. The lowest BCUT2D eigenvalue weighted by Crippen LogP contribution is -2.42. The van der Waals surface area contributed by atoms with Crippen molar-refractivity contribution < 1.29 is 19.1 Å². The normalized spacial score (nSPS) is 12.6. The second-order valence-corrected chi connectivity index (χ2v) is 6.63. The molecule has 0 heterocycles. The fourth-order valence-corrected chi connectivity index (χ4v) is 2.31. The number of carbonyl (C=O) groups excluding carboxylic acids is 2. The summed E-state index contributed by atoms with van der Waals surface area (Å²) >= 11 is 0. The topological polar surface area (TPSA) is 76.7 Å². The summed E-state index contributed by atoms with van der Waals surface area (Å²) in [6.45, 7) is 10.1. The summed E-state index contributed by atoms with van der Waals surface area (Å²) in [7, 11) is 1.62. The van der Waals surface area contributed by atoms with E-state index in [4.69, 9.17) is 9.47 Å². The molecule has 0 aromatic carbocycles. The molecule has 0 aliphatic rings. The molecule has 0 aromatic rings. The summed E-state index contributed by atoms with van der Waals surface area (Å²) in [5.74, 6) is 0.308. The van der Waals surface area contributed by atoms with Crippen LogP contribution in [0.2, 0.25) is 0 Å². The van der Waals surface area contributed by atoms with Gasteiger partial charge in [-0.2, -0.15) is 0 Å². The molecular formula is C18H36N2O4. The van der Waals surface area contributed by atoms with E-state index < -0.39 is 0 Å². The van der Waals surface area contributed by atoms with Crippen LogP contribution in [0.25, 0.3) is 0 Å². The van der Waals surface area contributed by atoms with E-state index in [9.17, 15) is 9.59 Å². The number of hydrogen-bond donors (Lipinski definition) is 2. The Balaban J connectivity index is 3.80. The van der Waals surface area contributed by atoms with Crippen molar-refractivity contribution in [2.45, 2.75) is 65.5 Å². The van der Waals surface area contributed by atoms with E-state index in [0.717, 1.165) is 19.3 Å². The van der Waals surface area contributed by atoms with Gasteiger partial charge in [-0.15, -0.1) is 0 Å². The molecule has 6 heteroatoms. The predicted octanol–water partition coefficient (Wildman–Crippen LogP) is 1.92. The zero-order valence-corrected chi connectivity index (χ0v) is 16.0. The standard InChI is InChI=1S/C18H36N2O4/c1-14(2)18(22)16(20-15(3)4)8-6-7-10-19-17(21)9-11-24-13-12-23-5/h14-16,20H,6-13H2,1-5H3,(H,19,21)/t16-/m0/s1. The van der Waals surface area contributed by atoms with Gasteiger partial charge in [0.2, 0.25) is 5.91 Å². The molecule has 1 amide bonds. The molecule has 0 unspecified atom stereocenters. The predicted molar refractivity (Wildman–Crippen MR) is 96.1 cm³/mol. The number of rotatable bonds is 15. The first kappa shape index (κ1) is 23.0. The third-order valence-electron chi connectivity index (χ3n) is 3.59. The van der Waals surface area contributed by atoms with Crippen LogP contribution in [0, 0.1) is 5.92 Å². The lowest BCUT2D eigenvalue weighted by Gasteiger charge is -2.22. The monoisotopic (exact) mass is 344 g/mol. The molecule has 0 saturated carbocycles. The molecule has 2 N–H and O–H groups in total. The number of ether oxygens (including phenoxy) is 2. The Morgan fingerprint density at radius 1 is 1.00 bits per heavy atom. The summed E-state index contributed by atoms with van der Waals surface area (Å²) < 4.78 is 10.1. The molecule has 0 aliphatic heterocycles. The van der Waals surface area contributed by atoms with Crippen molar-refractivity contribution in [1.82, 2.24) is 10.6 Å². The van der Waals surface area contributed by atoms with Gasteiger partial charge in [-0.1, -0.05) is 27.7 Å². The minimum absolute atomic E-state index is 0.00234. The van der Waals surface area contributed by atoms with Crippen molar-refractivity contribution in [3.63, 3.8) is 0 Å². The molecule has 0 aromatic heterocycles. The van der Waals surface area contributed by atoms with Gasteiger partial charge < -0.3 is 20.1 Å². The summed E-state index contributed by atoms with van der Waals surface area (Å²) in [6.07, 6.45) is 2.96. The lowest BCUT2D eigenvalue weighted by atomic mass is 9.96. The van der Waals surface area contributed by atoms with Crippen LogP contribution in [-0.2, 0) is 19.1 Å². The molecule has 6 nitrogen and oxygen atoms in total. The van der Waals surface area contributed by atoms with Gasteiger partial charge >= 0.3 is 0 Å². The molecule has 0 aliphatic carbocycles. The van der Waals surface area contributed by atoms with Crippen LogP contribution in [0.4, 0.5) is 0 Å². The molecule has 0 bridgehead atoms. The first-order chi connectivity index (χ1) is 11.4. The maximum atomic E-state index is 12.2. The SMILES string of the molecule is COCCOCCC(=O)NCCCC[C@H](NC(C)C)C(=O)C(C)C. The highest BCUT2D eigenvalue weighted by molar-refractivity contribution is 5.85.